The summed E-state index contributed by atoms with van der Waals surface area (Å²) in [6, 6.07) is 2.94. The molecule has 0 atom stereocenters. The lowest BCUT2D eigenvalue weighted by molar-refractivity contribution is -0.117. The van der Waals surface area contributed by atoms with Crippen molar-refractivity contribution < 1.29 is 9.59 Å². The molecule has 0 fully saturated rings. The highest BCUT2D eigenvalue weighted by Crippen LogP contribution is 2.33. The molecule has 2 N–H and O–H groups in total. The number of aromatic nitrogens is 3. The van der Waals surface area contributed by atoms with Crippen molar-refractivity contribution in [3.8, 4) is 0 Å². The van der Waals surface area contributed by atoms with Crippen LogP contribution in [-0.2, 0) is 16.1 Å². The van der Waals surface area contributed by atoms with E-state index in [-0.39, 0.29) is 34.0 Å². The highest BCUT2D eigenvalue weighted by atomic mass is 35.5. The Hall–Kier alpha value is -1.83. The number of halogens is 3. The van der Waals surface area contributed by atoms with Crippen LogP contribution in [0.25, 0.3) is 0 Å². The SMILES string of the molecule is CCC(=O)Nc1cn(CC(=O)Nc2c(Cl)cc(Cl)cc2Cl)nn1. The minimum Gasteiger partial charge on any atom is -0.322 e. The second kappa shape index (κ2) is 7.63. The van der Waals surface area contributed by atoms with E-state index in [1.807, 2.05) is 0 Å². The fraction of sp³-hybridized carbons (Fsp3) is 0.231. The summed E-state index contributed by atoms with van der Waals surface area (Å²) in [4.78, 5) is 23.3. The van der Waals surface area contributed by atoms with Gasteiger partial charge in [0.2, 0.25) is 11.8 Å². The molecular weight excluding hydrogens is 365 g/mol. The first-order valence-electron chi connectivity index (χ1n) is 6.53. The van der Waals surface area contributed by atoms with Gasteiger partial charge in [0.1, 0.15) is 6.54 Å². The number of hydrogen-bond donors (Lipinski definition) is 2. The van der Waals surface area contributed by atoms with Gasteiger partial charge in [0.15, 0.2) is 5.82 Å². The van der Waals surface area contributed by atoms with Gasteiger partial charge in [0.25, 0.3) is 0 Å². The van der Waals surface area contributed by atoms with Crippen molar-refractivity contribution in [1.29, 1.82) is 0 Å². The van der Waals surface area contributed by atoms with Gasteiger partial charge in [0, 0.05) is 11.4 Å². The second-order valence-electron chi connectivity index (χ2n) is 4.50. The molecule has 2 aromatic rings. The van der Waals surface area contributed by atoms with Crippen molar-refractivity contribution >= 4 is 58.1 Å². The first-order chi connectivity index (χ1) is 10.9. The number of nitrogens with one attached hydrogen (secondary N) is 2. The second-order valence-corrected chi connectivity index (χ2v) is 5.75. The number of carbonyl (C=O) groups excluding carboxylic acids is 2. The summed E-state index contributed by atoms with van der Waals surface area (Å²) in [6.45, 7) is 1.59. The summed E-state index contributed by atoms with van der Waals surface area (Å²) in [5.41, 5.74) is 0.266. The molecular formula is C13H12Cl3N5O2. The maximum atomic E-state index is 12.0. The molecule has 0 aliphatic heterocycles. The molecule has 2 rings (SSSR count). The Morgan fingerprint density at radius 3 is 2.39 bits per heavy atom. The Kier molecular flexibility index (Phi) is 5.81. The Balaban J connectivity index is 2.02. The number of nitrogens with zero attached hydrogens (tertiary/aromatic N) is 3. The van der Waals surface area contributed by atoms with E-state index in [4.69, 9.17) is 34.8 Å². The van der Waals surface area contributed by atoms with E-state index in [1.165, 1.54) is 23.0 Å². The Labute approximate surface area is 146 Å². The third-order valence-electron chi connectivity index (χ3n) is 2.70. The smallest absolute Gasteiger partial charge is 0.246 e. The molecule has 7 nitrogen and oxygen atoms in total. The molecule has 122 valence electrons. The zero-order valence-electron chi connectivity index (χ0n) is 11.9. The fourth-order valence-corrected chi connectivity index (χ4v) is 2.56. The molecule has 0 saturated heterocycles. The summed E-state index contributed by atoms with van der Waals surface area (Å²) >= 11 is 17.8. The van der Waals surface area contributed by atoms with Crippen molar-refractivity contribution in [2.24, 2.45) is 0 Å². The van der Waals surface area contributed by atoms with Crippen LogP contribution in [0.15, 0.2) is 18.3 Å². The minimum absolute atomic E-state index is 0.121. The normalized spacial score (nSPS) is 10.4. The van der Waals surface area contributed by atoms with E-state index in [1.54, 1.807) is 6.92 Å². The molecule has 0 saturated carbocycles. The predicted octanol–water partition coefficient (Wildman–Crippen LogP) is 3.23. The number of carbonyl (C=O) groups is 2. The van der Waals surface area contributed by atoms with Crippen LogP contribution in [0.1, 0.15) is 13.3 Å². The lowest BCUT2D eigenvalue weighted by Crippen LogP contribution is -2.19. The summed E-state index contributed by atoms with van der Waals surface area (Å²) in [5.74, 6) is -0.331. The zero-order valence-corrected chi connectivity index (χ0v) is 14.2. The van der Waals surface area contributed by atoms with Gasteiger partial charge in [-0.05, 0) is 12.1 Å². The quantitative estimate of drug-likeness (QED) is 0.838. The molecule has 10 heteroatoms. The van der Waals surface area contributed by atoms with Crippen LogP contribution in [0.2, 0.25) is 15.1 Å². The Morgan fingerprint density at radius 2 is 1.78 bits per heavy atom. The van der Waals surface area contributed by atoms with Crippen LogP contribution in [-0.4, -0.2) is 26.8 Å². The topological polar surface area (TPSA) is 88.9 Å². The maximum absolute atomic E-state index is 12.0. The molecule has 2 amide bonds. The van der Waals surface area contributed by atoms with Crippen LogP contribution in [0.4, 0.5) is 11.5 Å². The van der Waals surface area contributed by atoms with Gasteiger partial charge in [-0.15, -0.1) is 5.10 Å². The van der Waals surface area contributed by atoms with Gasteiger partial charge in [-0.3, -0.25) is 9.59 Å². The molecule has 1 aromatic carbocycles. The summed E-state index contributed by atoms with van der Waals surface area (Å²) in [6.07, 6.45) is 1.76. The van der Waals surface area contributed by atoms with E-state index in [9.17, 15) is 9.59 Å². The molecule has 1 heterocycles. The molecule has 0 bridgehead atoms. The average Bonchev–Trinajstić information content (AvgIpc) is 2.89. The van der Waals surface area contributed by atoms with E-state index < -0.39 is 5.91 Å². The lowest BCUT2D eigenvalue weighted by Gasteiger charge is -2.09. The predicted molar refractivity (Wildman–Crippen MR) is 89.0 cm³/mol. The van der Waals surface area contributed by atoms with Gasteiger partial charge in [-0.1, -0.05) is 46.9 Å². The summed E-state index contributed by atoms with van der Waals surface area (Å²) < 4.78 is 1.28. The minimum atomic E-state index is -0.408. The van der Waals surface area contributed by atoms with Gasteiger partial charge >= 0.3 is 0 Å². The zero-order chi connectivity index (χ0) is 17.0. The van der Waals surface area contributed by atoms with Crippen LogP contribution in [0.5, 0.6) is 0 Å². The largest absolute Gasteiger partial charge is 0.322 e. The highest BCUT2D eigenvalue weighted by molar-refractivity contribution is 6.42. The van der Waals surface area contributed by atoms with Crippen molar-refractivity contribution in [2.45, 2.75) is 19.9 Å². The fourth-order valence-electron chi connectivity index (χ4n) is 1.65. The average molecular weight is 377 g/mol. The van der Waals surface area contributed by atoms with Crippen molar-refractivity contribution in [3.63, 3.8) is 0 Å². The molecule has 0 unspecified atom stereocenters. The van der Waals surface area contributed by atoms with Crippen molar-refractivity contribution in [2.75, 3.05) is 10.6 Å². The van der Waals surface area contributed by atoms with Gasteiger partial charge in [0.05, 0.1) is 21.9 Å². The van der Waals surface area contributed by atoms with Crippen molar-refractivity contribution in [1.82, 2.24) is 15.0 Å². The number of rotatable bonds is 5. The Morgan fingerprint density at radius 1 is 1.13 bits per heavy atom. The standard InChI is InChI=1S/C13H12Cl3N5O2/c1-2-11(22)17-10-5-21(20-19-10)6-12(23)18-13-8(15)3-7(14)4-9(13)16/h3-5H,2,6H2,1H3,(H,17,22)(H,18,23). The monoisotopic (exact) mass is 375 g/mol. The molecule has 0 radical (unpaired) electrons. The summed E-state index contributed by atoms with van der Waals surface area (Å²) in [7, 11) is 0. The third kappa shape index (κ3) is 4.82. The number of hydrogen-bond acceptors (Lipinski definition) is 4. The van der Waals surface area contributed by atoms with Crippen LogP contribution < -0.4 is 10.6 Å². The van der Waals surface area contributed by atoms with Crippen LogP contribution in [0.3, 0.4) is 0 Å². The number of amides is 2. The van der Waals surface area contributed by atoms with Crippen LogP contribution in [0, 0.1) is 0 Å². The number of benzene rings is 1. The molecule has 0 aliphatic rings. The van der Waals surface area contributed by atoms with E-state index in [2.05, 4.69) is 20.9 Å². The molecule has 1 aromatic heterocycles. The summed E-state index contributed by atoms with van der Waals surface area (Å²) in [5, 5.41) is 13.4. The van der Waals surface area contributed by atoms with Gasteiger partial charge in [-0.25, -0.2) is 4.68 Å². The van der Waals surface area contributed by atoms with Gasteiger partial charge in [-0.2, -0.15) is 0 Å². The van der Waals surface area contributed by atoms with Crippen molar-refractivity contribution in [3.05, 3.63) is 33.4 Å². The lowest BCUT2D eigenvalue weighted by atomic mass is 10.3. The maximum Gasteiger partial charge on any atom is 0.246 e. The highest BCUT2D eigenvalue weighted by Gasteiger charge is 2.13. The number of anilines is 2. The molecule has 0 aliphatic carbocycles. The van der Waals surface area contributed by atoms with E-state index in [0.29, 0.717) is 11.4 Å². The van der Waals surface area contributed by atoms with E-state index >= 15 is 0 Å². The third-order valence-corrected chi connectivity index (χ3v) is 3.52. The van der Waals surface area contributed by atoms with E-state index in [0.717, 1.165) is 0 Å². The molecule has 0 spiro atoms. The first-order valence-corrected chi connectivity index (χ1v) is 7.66. The molecule has 23 heavy (non-hydrogen) atoms. The van der Waals surface area contributed by atoms with Crippen LogP contribution >= 0.6 is 34.8 Å². The first kappa shape index (κ1) is 17.5. The van der Waals surface area contributed by atoms with Gasteiger partial charge < -0.3 is 10.6 Å². The Bertz CT molecular complexity index is 724.